The smallest absolute Gasteiger partial charge is 0.337 e. The number of carboxylic acids is 1. The van der Waals surface area contributed by atoms with Crippen molar-refractivity contribution in [2.75, 3.05) is 0 Å². The number of carbonyl (C=O) groups is 1. The zero-order chi connectivity index (χ0) is 13.9. The highest BCUT2D eigenvalue weighted by Gasteiger charge is 2.07. The molecule has 0 aliphatic heterocycles. The van der Waals surface area contributed by atoms with E-state index in [1.807, 2.05) is 6.07 Å². The summed E-state index contributed by atoms with van der Waals surface area (Å²) in [6.45, 7) is 0.301. The van der Waals surface area contributed by atoms with Crippen LogP contribution in [0.15, 0.2) is 49.1 Å². The van der Waals surface area contributed by atoms with Crippen molar-refractivity contribution in [1.82, 2.24) is 14.4 Å². The Bertz CT molecular complexity index is 753. The van der Waals surface area contributed by atoms with Gasteiger partial charge in [0.25, 0.3) is 0 Å². The Balaban J connectivity index is 1.80. The van der Waals surface area contributed by atoms with Gasteiger partial charge in [0.05, 0.1) is 17.5 Å². The van der Waals surface area contributed by atoms with Crippen LogP contribution in [0.25, 0.3) is 5.65 Å². The van der Waals surface area contributed by atoms with Crippen LogP contribution in [0.3, 0.4) is 0 Å². The summed E-state index contributed by atoms with van der Waals surface area (Å²) in [5.74, 6) is -0.301. The molecule has 20 heavy (non-hydrogen) atoms. The maximum atomic E-state index is 10.9. The van der Waals surface area contributed by atoms with E-state index in [0.717, 1.165) is 5.69 Å². The number of rotatable bonds is 4. The van der Waals surface area contributed by atoms with Crippen molar-refractivity contribution >= 4 is 11.6 Å². The lowest BCUT2D eigenvalue weighted by atomic mass is 10.3. The third-order valence-corrected chi connectivity index (χ3v) is 2.77. The number of nitrogens with zero attached hydrogens (tertiary/aromatic N) is 3. The monoisotopic (exact) mass is 269 g/mol. The van der Waals surface area contributed by atoms with Crippen molar-refractivity contribution in [2.45, 2.75) is 6.61 Å². The number of aromatic carboxylic acids is 1. The van der Waals surface area contributed by atoms with Gasteiger partial charge in [0, 0.05) is 18.6 Å². The van der Waals surface area contributed by atoms with Crippen LogP contribution in [0.4, 0.5) is 0 Å². The van der Waals surface area contributed by atoms with Crippen LogP contribution in [0.5, 0.6) is 5.75 Å². The number of carboxylic acid groups (broad SMARTS) is 1. The van der Waals surface area contributed by atoms with E-state index in [1.165, 1.54) is 12.3 Å². The lowest BCUT2D eigenvalue weighted by Gasteiger charge is -2.01. The molecule has 1 N–H and O–H groups in total. The molecule has 6 heteroatoms. The van der Waals surface area contributed by atoms with Gasteiger partial charge >= 0.3 is 5.97 Å². The van der Waals surface area contributed by atoms with Gasteiger partial charge in [-0.1, -0.05) is 0 Å². The predicted molar refractivity (Wildman–Crippen MR) is 70.7 cm³/mol. The van der Waals surface area contributed by atoms with Crippen molar-refractivity contribution in [3.05, 3.63) is 60.3 Å². The lowest BCUT2D eigenvalue weighted by Crippen LogP contribution is -1.97. The fourth-order valence-corrected chi connectivity index (χ4v) is 1.83. The first-order valence-electron chi connectivity index (χ1n) is 5.96. The molecule has 0 unspecified atom stereocenters. The number of aromatic nitrogens is 3. The highest BCUT2D eigenvalue weighted by Crippen LogP contribution is 2.12. The Hall–Kier alpha value is -2.89. The van der Waals surface area contributed by atoms with Crippen molar-refractivity contribution in [3.63, 3.8) is 0 Å². The molecule has 0 saturated heterocycles. The Labute approximate surface area is 114 Å². The molecule has 6 nitrogen and oxygen atoms in total. The summed E-state index contributed by atoms with van der Waals surface area (Å²) in [7, 11) is 0. The molecule has 0 aromatic carbocycles. The summed E-state index contributed by atoms with van der Waals surface area (Å²) in [5.41, 5.74) is 1.62. The van der Waals surface area contributed by atoms with E-state index in [0.29, 0.717) is 18.0 Å². The third kappa shape index (κ3) is 2.44. The SMILES string of the molecule is O=C(O)c1ccc2nc(COc3cccnc3)cn2c1. The summed E-state index contributed by atoms with van der Waals surface area (Å²) in [6.07, 6.45) is 6.57. The number of ether oxygens (including phenoxy) is 1. The minimum absolute atomic E-state index is 0.217. The summed E-state index contributed by atoms with van der Waals surface area (Å²) in [5, 5.41) is 8.94. The number of fused-ring (bicyclic) bond motifs is 1. The zero-order valence-corrected chi connectivity index (χ0v) is 10.4. The number of pyridine rings is 2. The van der Waals surface area contributed by atoms with Gasteiger partial charge in [-0.25, -0.2) is 9.78 Å². The summed E-state index contributed by atoms with van der Waals surface area (Å²) < 4.78 is 7.22. The molecule has 0 bridgehead atoms. The minimum atomic E-state index is -0.964. The van der Waals surface area contributed by atoms with Crippen molar-refractivity contribution < 1.29 is 14.6 Å². The molecule has 0 amide bonds. The lowest BCUT2D eigenvalue weighted by molar-refractivity contribution is 0.0696. The van der Waals surface area contributed by atoms with Crippen LogP contribution in [0, 0.1) is 0 Å². The standard InChI is InChI=1S/C14H11N3O3/c18-14(19)10-3-4-13-16-11(8-17(13)7-10)9-20-12-2-1-5-15-6-12/h1-8H,9H2,(H,18,19). The van der Waals surface area contributed by atoms with Gasteiger partial charge in [0.1, 0.15) is 18.0 Å². The van der Waals surface area contributed by atoms with Gasteiger partial charge in [-0.15, -0.1) is 0 Å². The van der Waals surface area contributed by atoms with Gasteiger partial charge in [-0.2, -0.15) is 0 Å². The second-order valence-corrected chi connectivity index (χ2v) is 4.20. The summed E-state index contributed by atoms with van der Waals surface area (Å²) in [6, 6.07) is 6.79. The van der Waals surface area contributed by atoms with Crippen LogP contribution < -0.4 is 4.74 Å². The van der Waals surface area contributed by atoms with Crippen LogP contribution >= 0.6 is 0 Å². The van der Waals surface area contributed by atoms with Crippen LogP contribution in [-0.2, 0) is 6.61 Å². The maximum Gasteiger partial charge on any atom is 0.337 e. The molecule has 100 valence electrons. The Morgan fingerprint density at radius 3 is 2.95 bits per heavy atom. The van der Waals surface area contributed by atoms with Gasteiger partial charge < -0.3 is 14.2 Å². The van der Waals surface area contributed by atoms with E-state index in [2.05, 4.69) is 9.97 Å². The Morgan fingerprint density at radius 2 is 2.20 bits per heavy atom. The maximum absolute atomic E-state index is 10.9. The summed E-state index contributed by atoms with van der Waals surface area (Å²) >= 11 is 0. The van der Waals surface area contributed by atoms with Crippen LogP contribution in [0.2, 0.25) is 0 Å². The van der Waals surface area contributed by atoms with E-state index in [-0.39, 0.29) is 5.56 Å². The van der Waals surface area contributed by atoms with Gasteiger partial charge in [-0.3, -0.25) is 4.98 Å². The molecular formula is C14H11N3O3. The minimum Gasteiger partial charge on any atom is -0.486 e. The average molecular weight is 269 g/mol. The quantitative estimate of drug-likeness (QED) is 0.784. The first-order valence-corrected chi connectivity index (χ1v) is 5.96. The Kier molecular flexibility index (Phi) is 3.04. The second kappa shape index (κ2) is 5.00. The molecule has 0 fully saturated rings. The zero-order valence-electron chi connectivity index (χ0n) is 10.4. The molecule has 3 heterocycles. The number of hydrogen-bond acceptors (Lipinski definition) is 4. The fraction of sp³-hybridized carbons (Fsp3) is 0.0714. The molecule has 3 rings (SSSR count). The van der Waals surface area contributed by atoms with Crippen LogP contribution in [0.1, 0.15) is 16.1 Å². The van der Waals surface area contributed by atoms with Gasteiger partial charge in [-0.05, 0) is 24.3 Å². The normalized spacial score (nSPS) is 10.6. The molecular weight excluding hydrogens is 258 g/mol. The largest absolute Gasteiger partial charge is 0.486 e. The van der Waals surface area contributed by atoms with E-state index < -0.39 is 5.97 Å². The van der Waals surface area contributed by atoms with E-state index in [4.69, 9.17) is 9.84 Å². The molecule has 0 atom stereocenters. The highest BCUT2D eigenvalue weighted by molar-refractivity contribution is 5.87. The second-order valence-electron chi connectivity index (χ2n) is 4.20. The predicted octanol–water partition coefficient (Wildman–Crippen LogP) is 2.01. The van der Waals surface area contributed by atoms with Crippen molar-refractivity contribution in [3.8, 4) is 5.75 Å². The van der Waals surface area contributed by atoms with E-state index in [1.54, 1.807) is 35.1 Å². The molecule has 0 radical (unpaired) electrons. The molecule has 3 aromatic heterocycles. The van der Waals surface area contributed by atoms with E-state index >= 15 is 0 Å². The topological polar surface area (TPSA) is 76.7 Å². The van der Waals surface area contributed by atoms with E-state index in [9.17, 15) is 4.79 Å². The van der Waals surface area contributed by atoms with Gasteiger partial charge in [0.2, 0.25) is 0 Å². The fourth-order valence-electron chi connectivity index (χ4n) is 1.83. The number of imidazole rings is 1. The molecule has 0 aliphatic carbocycles. The Morgan fingerprint density at radius 1 is 1.30 bits per heavy atom. The summed E-state index contributed by atoms with van der Waals surface area (Å²) in [4.78, 5) is 19.2. The first-order chi connectivity index (χ1) is 9.72. The van der Waals surface area contributed by atoms with Crippen LogP contribution in [-0.4, -0.2) is 25.4 Å². The average Bonchev–Trinajstić information content (AvgIpc) is 2.88. The number of hydrogen-bond donors (Lipinski definition) is 1. The highest BCUT2D eigenvalue weighted by atomic mass is 16.5. The van der Waals surface area contributed by atoms with Crippen molar-refractivity contribution in [2.24, 2.45) is 0 Å². The first kappa shape index (κ1) is 12.2. The molecule has 0 spiro atoms. The molecule has 0 saturated carbocycles. The molecule has 0 aliphatic rings. The van der Waals surface area contributed by atoms with Crippen molar-refractivity contribution in [1.29, 1.82) is 0 Å². The third-order valence-electron chi connectivity index (χ3n) is 2.77. The molecule has 3 aromatic rings. The van der Waals surface area contributed by atoms with Gasteiger partial charge in [0.15, 0.2) is 0 Å².